The van der Waals surface area contributed by atoms with Crippen molar-refractivity contribution in [2.45, 2.75) is 11.4 Å². The second kappa shape index (κ2) is 6.22. The van der Waals surface area contributed by atoms with Crippen LogP contribution in [-0.2, 0) is 16.6 Å². The van der Waals surface area contributed by atoms with E-state index in [9.17, 15) is 8.42 Å². The van der Waals surface area contributed by atoms with Gasteiger partial charge in [-0.25, -0.2) is 13.4 Å². The number of hydrogen-bond acceptors (Lipinski definition) is 3. The van der Waals surface area contributed by atoms with Gasteiger partial charge in [-0.1, -0.05) is 41.9 Å². The van der Waals surface area contributed by atoms with E-state index < -0.39 is 10.0 Å². The van der Waals surface area contributed by atoms with Gasteiger partial charge in [0.15, 0.2) is 0 Å². The number of aromatic nitrogens is 1. The summed E-state index contributed by atoms with van der Waals surface area (Å²) in [6, 6.07) is 10.8. The highest BCUT2D eigenvalue weighted by Crippen LogP contribution is 2.25. The summed E-state index contributed by atoms with van der Waals surface area (Å²) in [5.74, 6) is 0. The van der Waals surface area contributed by atoms with Crippen LogP contribution in [0.25, 0.3) is 0 Å². The van der Waals surface area contributed by atoms with E-state index in [-0.39, 0.29) is 16.6 Å². The fourth-order valence-electron chi connectivity index (χ4n) is 1.68. The molecule has 0 spiro atoms. The summed E-state index contributed by atoms with van der Waals surface area (Å²) in [4.78, 5) is 3.84. The van der Waals surface area contributed by atoms with Gasteiger partial charge in [0, 0.05) is 24.3 Å². The van der Waals surface area contributed by atoms with Crippen LogP contribution in [0.15, 0.2) is 52.0 Å². The minimum Gasteiger partial charge on any atom is -0.242 e. The van der Waals surface area contributed by atoms with E-state index in [1.165, 1.54) is 23.6 Å². The van der Waals surface area contributed by atoms with E-state index in [1.54, 1.807) is 0 Å². The van der Waals surface area contributed by atoms with Crippen molar-refractivity contribution in [1.82, 2.24) is 9.29 Å². The van der Waals surface area contributed by atoms with Gasteiger partial charge < -0.3 is 0 Å². The molecule has 0 N–H and O–H groups in total. The summed E-state index contributed by atoms with van der Waals surface area (Å²) in [6.45, 7) is 0.270. The first-order chi connectivity index (χ1) is 9.41. The van der Waals surface area contributed by atoms with Crippen LogP contribution in [0.3, 0.4) is 0 Å². The van der Waals surface area contributed by atoms with Crippen molar-refractivity contribution in [3.8, 4) is 0 Å². The maximum atomic E-state index is 12.5. The second-order valence-corrected chi connectivity index (χ2v) is 7.48. The van der Waals surface area contributed by atoms with Crippen LogP contribution in [0.5, 0.6) is 0 Å². The average molecular weight is 376 g/mol. The maximum Gasteiger partial charge on any atom is 0.246 e. The van der Waals surface area contributed by atoms with E-state index in [4.69, 9.17) is 11.6 Å². The van der Waals surface area contributed by atoms with Crippen LogP contribution in [0.2, 0.25) is 5.15 Å². The number of nitrogens with zero attached hydrogens (tertiary/aromatic N) is 2. The number of pyridine rings is 1. The van der Waals surface area contributed by atoms with Crippen LogP contribution in [0.1, 0.15) is 5.56 Å². The number of rotatable bonds is 4. The predicted octanol–water partition coefficient (Wildman–Crippen LogP) is 3.32. The molecular weight excluding hydrogens is 364 g/mol. The van der Waals surface area contributed by atoms with Gasteiger partial charge in [0.05, 0.1) is 0 Å². The average Bonchev–Trinajstić information content (AvgIpc) is 2.42. The predicted molar refractivity (Wildman–Crippen MR) is 82.0 cm³/mol. The van der Waals surface area contributed by atoms with Crippen molar-refractivity contribution in [2.24, 2.45) is 0 Å². The Morgan fingerprint density at radius 1 is 1.30 bits per heavy atom. The Balaban J connectivity index is 2.32. The third-order valence-electron chi connectivity index (χ3n) is 2.71. The van der Waals surface area contributed by atoms with Crippen molar-refractivity contribution in [3.05, 3.63) is 57.8 Å². The van der Waals surface area contributed by atoms with Crippen LogP contribution >= 0.6 is 27.5 Å². The summed E-state index contributed by atoms with van der Waals surface area (Å²) >= 11 is 9.09. The van der Waals surface area contributed by atoms with Crippen molar-refractivity contribution in [3.63, 3.8) is 0 Å². The molecule has 0 radical (unpaired) electrons. The lowest BCUT2D eigenvalue weighted by Gasteiger charge is -2.17. The van der Waals surface area contributed by atoms with Gasteiger partial charge in [0.2, 0.25) is 10.0 Å². The van der Waals surface area contributed by atoms with Crippen LogP contribution < -0.4 is 0 Å². The number of sulfonamides is 1. The summed E-state index contributed by atoms with van der Waals surface area (Å²) in [6.07, 6.45) is 1.46. The molecule has 0 atom stereocenters. The first-order valence-corrected chi connectivity index (χ1v) is 8.33. The van der Waals surface area contributed by atoms with Gasteiger partial charge in [-0.05, 0) is 27.6 Å². The van der Waals surface area contributed by atoms with Gasteiger partial charge in [-0.2, -0.15) is 4.31 Å². The molecule has 1 aromatic heterocycles. The van der Waals surface area contributed by atoms with Crippen molar-refractivity contribution in [2.75, 3.05) is 7.05 Å². The Kier molecular flexibility index (Phi) is 4.80. The van der Waals surface area contributed by atoms with E-state index in [0.717, 1.165) is 5.56 Å². The third-order valence-corrected chi connectivity index (χ3v) is 5.37. The highest BCUT2D eigenvalue weighted by Gasteiger charge is 2.24. The topological polar surface area (TPSA) is 50.3 Å². The molecule has 0 unspecified atom stereocenters. The Bertz CT molecular complexity index is 708. The fourth-order valence-corrected chi connectivity index (χ4v) is 3.75. The highest BCUT2D eigenvalue weighted by molar-refractivity contribution is 9.10. The molecule has 0 aliphatic rings. The zero-order valence-electron chi connectivity index (χ0n) is 10.6. The van der Waals surface area contributed by atoms with Crippen molar-refractivity contribution in [1.29, 1.82) is 0 Å². The van der Waals surface area contributed by atoms with Gasteiger partial charge in [0.1, 0.15) is 10.0 Å². The molecule has 0 saturated heterocycles. The zero-order chi connectivity index (χ0) is 14.8. The molecule has 106 valence electrons. The van der Waals surface area contributed by atoms with Crippen LogP contribution in [0, 0.1) is 0 Å². The normalized spacial score (nSPS) is 11.8. The van der Waals surface area contributed by atoms with Gasteiger partial charge in [0.25, 0.3) is 0 Å². The first-order valence-electron chi connectivity index (χ1n) is 5.72. The minimum absolute atomic E-state index is 0.00743. The highest BCUT2D eigenvalue weighted by atomic mass is 79.9. The summed E-state index contributed by atoms with van der Waals surface area (Å²) in [7, 11) is -2.17. The molecule has 2 rings (SSSR count). The zero-order valence-corrected chi connectivity index (χ0v) is 13.8. The molecular formula is C13H12BrClN2O2S. The van der Waals surface area contributed by atoms with E-state index >= 15 is 0 Å². The van der Waals surface area contributed by atoms with Crippen LogP contribution in [0.4, 0.5) is 0 Å². The van der Waals surface area contributed by atoms with E-state index in [1.807, 2.05) is 30.3 Å². The molecule has 1 aromatic carbocycles. The van der Waals surface area contributed by atoms with Gasteiger partial charge in [-0.15, -0.1) is 0 Å². The largest absolute Gasteiger partial charge is 0.246 e. The lowest BCUT2D eigenvalue weighted by atomic mass is 10.2. The number of halogens is 2. The lowest BCUT2D eigenvalue weighted by Crippen LogP contribution is -2.27. The number of hydrogen-bond donors (Lipinski definition) is 0. The first kappa shape index (κ1) is 15.4. The number of benzene rings is 1. The monoisotopic (exact) mass is 374 g/mol. The SMILES string of the molecule is CN(Cc1ccccc1)S(=O)(=O)c1cc(Br)cnc1Cl. The quantitative estimate of drug-likeness (QED) is 0.770. The fraction of sp³-hybridized carbons (Fsp3) is 0.154. The molecule has 2 aromatic rings. The summed E-state index contributed by atoms with van der Waals surface area (Å²) in [5, 5.41) is -0.0342. The molecule has 4 nitrogen and oxygen atoms in total. The molecule has 20 heavy (non-hydrogen) atoms. The van der Waals surface area contributed by atoms with Crippen molar-refractivity contribution >= 4 is 37.6 Å². The standard InChI is InChI=1S/C13H12BrClN2O2S/c1-17(9-10-5-3-2-4-6-10)20(18,19)12-7-11(14)8-16-13(12)15/h2-8H,9H2,1H3. The molecule has 1 heterocycles. The van der Waals surface area contributed by atoms with Gasteiger partial charge in [-0.3, -0.25) is 0 Å². The van der Waals surface area contributed by atoms with E-state index in [0.29, 0.717) is 4.47 Å². The molecule has 0 bridgehead atoms. The van der Waals surface area contributed by atoms with Crippen molar-refractivity contribution < 1.29 is 8.42 Å². The summed E-state index contributed by atoms with van der Waals surface area (Å²) < 4.78 is 26.8. The smallest absolute Gasteiger partial charge is 0.242 e. The minimum atomic E-state index is -3.68. The molecule has 7 heteroatoms. The van der Waals surface area contributed by atoms with Crippen LogP contribution in [-0.4, -0.2) is 24.8 Å². The second-order valence-electron chi connectivity index (χ2n) is 4.19. The lowest BCUT2D eigenvalue weighted by molar-refractivity contribution is 0.466. The Morgan fingerprint density at radius 3 is 2.60 bits per heavy atom. The van der Waals surface area contributed by atoms with E-state index in [2.05, 4.69) is 20.9 Å². The van der Waals surface area contributed by atoms with Gasteiger partial charge >= 0.3 is 0 Å². The summed E-state index contributed by atoms with van der Waals surface area (Å²) in [5.41, 5.74) is 0.901. The Hall–Kier alpha value is -0.950. The molecule has 0 amide bonds. The Morgan fingerprint density at radius 2 is 1.95 bits per heavy atom. The molecule has 0 fully saturated rings. The molecule has 0 aliphatic heterocycles. The maximum absolute atomic E-state index is 12.5. The molecule has 0 aliphatic carbocycles. The molecule has 0 saturated carbocycles. The third kappa shape index (κ3) is 3.38. The Labute approximate surface area is 131 Å².